The van der Waals surface area contributed by atoms with Gasteiger partial charge in [0.2, 0.25) is 10.0 Å². The van der Waals surface area contributed by atoms with Crippen LogP contribution >= 0.6 is 35.3 Å². The van der Waals surface area contributed by atoms with Crippen molar-refractivity contribution >= 4 is 51.3 Å². The maximum atomic E-state index is 12.2. The topological polar surface area (TPSA) is 105 Å². The lowest BCUT2D eigenvalue weighted by Gasteiger charge is -2.22. The van der Waals surface area contributed by atoms with Gasteiger partial charge in [-0.25, -0.2) is 23.1 Å². The van der Waals surface area contributed by atoms with E-state index in [1.807, 2.05) is 20.8 Å². The lowest BCUT2D eigenvalue weighted by atomic mass is 10.1. The zero-order valence-electron chi connectivity index (χ0n) is 16.8. The van der Waals surface area contributed by atoms with E-state index in [9.17, 15) is 8.42 Å². The molecule has 3 N–H and O–H groups in total. The second kappa shape index (κ2) is 12.9. The first-order chi connectivity index (χ1) is 12.9. The summed E-state index contributed by atoms with van der Waals surface area (Å²) >= 11 is 1.63. The lowest BCUT2D eigenvalue weighted by Crippen LogP contribution is -2.42. The molecule has 2 heterocycles. The van der Waals surface area contributed by atoms with Crippen molar-refractivity contribution in [3.8, 4) is 0 Å². The van der Waals surface area contributed by atoms with Crippen LogP contribution in [0.2, 0.25) is 0 Å². The van der Waals surface area contributed by atoms with Crippen LogP contribution in [0.1, 0.15) is 41.8 Å². The van der Waals surface area contributed by atoms with Crippen LogP contribution in [0.5, 0.6) is 0 Å². The Balaban J connectivity index is 0.00000392. The second-order valence-electron chi connectivity index (χ2n) is 6.52. The summed E-state index contributed by atoms with van der Waals surface area (Å²) in [5, 5.41) is 7.24. The van der Waals surface area contributed by atoms with Crippen molar-refractivity contribution in [2.45, 2.75) is 52.7 Å². The standard InChI is InChI=1S/C17H31N5O3S2.HI/c1-4-18-17(20-12-16-13(2)22-14(3)26-16)19-8-10-27(23,24)21-11-15-7-5-6-9-25-15;/h15,21H,4-12H2,1-3H3,(H2,18,19,20);1H. The van der Waals surface area contributed by atoms with Gasteiger partial charge < -0.3 is 15.4 Å². The van der Waals surface area contributed by atoms with Gasteiger partial charge in [0, 0.05) is 31.1 Å². The smallest absolute Gasteiger partial charge is 0.213 e. The van der Waals surface area contributed by atoms with Gasteiger partial charge in [0.1, 0.15) is 0 Å². The van der Waals surface area contributed by atoms with Crippen molar-refractivity contribution < 1.29 is 13.2 Å². The number of nitrogens with one attached hydrogen (secondary N) is 3. The minimum Gasteiger partial charge on any atom is -0.377 e. The Bertz CT molecular complexity index is 718. The summed E-state index contributed by atoms with van der Waals surface area (Å²) in [4.78, 5) is 10.0. The molecule has 1 unspecified atom stereocenters. The number of ether oxygens (including phenoxy) is 1. The molecule has 11 heteroatoms. The Morgan fingerprint density at radius 2 is 2.11 bits per heavy atom. The number of aryl methyl sites for hydroxylation is 2. The molecule has 8 nitrogen and oxygen atoms in total. The molecule has 1 saturated heterocycles. The first-order valence-electron chi connectivity index (χ1n) is 9.43. The van der Waals surface area contributed by atoms with Crippen LogP contribution in [0.25, 0.3) is 0 Å². The molecule has 0 aliphatic carbocycles. The first kappa shape index (κ1) is 25.5. The van der Waals surface area contributed by atoms with Crippen molar-refractivity contribution in [2.75, 3.05) is 32.0 Å². The van der Waals surface area contributed by atoms with Gasteiger partial charge in [-0.2, -0.15) is 0 Å². The van der Waals surface area contributed by atoms with Crippen molar-refractivity contribution in [1.82, 2.24) is 20.3 Å². The number of hydrogen-bond acceptors (Lipinski definition) is 6. The molecule has 162 valence electrons. The van der Waals surface area contributed by atoms with Gasteiger partial charge in [-0.3, -0.25) is 0 Å². The predicted molar refractivity (Wildman–Crippen MR) is 125 cm³/mol. The van der Waals surface area contributed by atoms with Crippen LogP contribution in [0.4, 0.5) is 0 Å². The number of aliphatic imine (C=N–C) groups is 1. The molecule has 0 spiro atoms. The van der Waals surface area contributed by atoms with Gasteiger partial charge >= 0.3 is 0 Å². The fraction of sp³-hybridized carbons (Fsp3) is 0.765. The molecule has 0 radical (unpaired) electrons. The average Bonchev–Trinajstić information content (AvgIpc) is 2.96. The largest absolute Gasteiger partial charge is 0.377 e. The van der Waals surface area contributed by atoms with E-state index in [-0.39, 0.29) is 42.4 Å². The minimum absolute atomic E-state index is 0. The monoisotopic (exact) mass is 545 g/mol. The summed E-state index contributed by atoms with van der Waals surface area (Å²) in [7, 11) is -3.35. The van der Waals surface area contributed by atoms with Gasteiger partial charge in [0.15, 0.2) is 5.96 Å². The van der Waals surface area contributed by atoms with Crippen molar-refractivity contribution in [1.29, 1.82) is 0 Å². The Morgan fingerprint density at radius 3 is 2.71 bits per heavy atom. The molecule has 1 aromatic heterocycles. The van der Waals surface area contributed by atoms with Crippen molar-refractivity contribution in [2.24, 2.45) is 4.99 Å². The molecular weight excluding hydrogens is 513 g/mol. The maximum Gasteiger partial charge on any atom is 0.213 e. The number of aromatic nitrogens is 1. The Hall–Kier alpha value is -0.500. The molecule has 0 bridgehead atoms. The predicted octanol–water partition coefficient (Wildman–Crippen LogP) is 1.92. The van der Waals surface area contributed by atoms with E-state index in [0.29, 0.717) is 25.6 Å². The molecule has 2 rings (SSSR count). The van der Waals surface area contributed by atoms with Crippen molar-refractivity contribution in [3.05, 3.63) is 15.6 Å². The van der Waals surface area contributed by atoms with Gasteiger partial charge in [0.05, 0.1) is 29.1 Å². The molecular formula is C17H32IN5O3S2. The van der Waals surface area contributed by atoms with E-state index in [4.69, 9.17) is 4.74 Å². The zero-order valence-corrected chi connectivity index (χ0v) is 20.7. The number of halogens is 1. The highest BCUT2D eigenvalue weighted by Crippen LogP contribution is 2.17. The quantitative estimate of drug-likeness (QED) is 0.249. The Morgan fingerprint density at radius 1 is 1.32 bits per heavy atom. The highest BCUT2D eigenvalue weighted by atomic mass is 127. The van der Waals surface area contributed by atoms with E-state index < -0.39 is 10.0 Å². The number of nitrogens with zero attached hydrogens (tertiary/aromatic N) is 2. The Labute approximate surface area is 189 Å². The lowest BCUT2D eigenvalue weighted by molar-refractivity contribution is 0.0200. The van der Waals surface area contributed by atoms with E-state index in [1.54, 1.807) is 11.3 Å². The third kappa shape index (κ3) is 9.33. The average molecular weight is 546 g/mol. The number of guanidine groups is 1. The summed E-state index contributed by atoms with van der Waals surface area (Å²) in [6.07, 6.45) is 3.05. The molecule has 1 aromatic rings. The fourth-order valence-electron chi connectivity index (χ4n) is 2.78. The van der Waals surface area contributed by atoms with E-state index in [0.717, 1.165) is 41.4 Å². The normalized spacial score (nSPS) is 17.8. The third-order valence-electron chi connectivity index (χ3n) is 4.19. The van der Waals surface area contributed by atoms with Crippen LogP contribution in [0.3, 0.4) is 0 Å². The highest BCUT2D eigenvalue weighted by Gasteiger charge is 2.17. The second-order valence-corrected chi connectivity index (χ2v) is 9.73. The number of sulfonamides is 1. The van der Waals surface area contributed by atoms with E-state index in [2.05, 4.69) is 25.3 Å². The summed E-state index contributed by atoms with van der Waals surface area (Å²) in [6.45, 7) is 8.51. The van der Waals surface area contributed by atoms with Gasteiger partial charge in [-0.05, 0) is 40.0 Å². The van der Waals surface area contributed by atoms with Crippen LogP contribution in [0, 0.1) is 13.8 Å². The summed E-state index contributed by atoms with van der Waals surface area (Å²) in [6, 6.07) is 0. The van der Waals surface area contributed by atoms with Crippen LogP contribution in [-0.4, -0.2) is 57.5 Å². The minimum atomic E-state index is -3.35. The molecule has 1 atom stereocenters. The van der Waals surface area contributed by atoms with Crippen LogP contribution < -0.4 is 15.4 Å². The van der Waals surface area contributed by atoms with E-state index in [1.165, 1.54) is 0 Å². The van der Waals surface area contributed by atoms with E-state index >= 15 is 0 Å². The fourth-order valence-corrected chi connectivity index (χ4v) is 4.59. The molecule has 0 saturated carbocycles. The van der Waals surface area contributed by atoms with Gasteiger partial charge in [0.25, 0.3) is 0 Å². The van der Waals surface area contributed by atoms with Gasteiger partial charge in [-0.15, -0.1) is 35.3 Å². The molecule has 1 aliphatic rings. The zero-order chi connectivity index (χ0) is 19.7. The molecule has 0 amide bonds. The van der Waals surface area contributed by atoms with Crippen LogP contribution in [-0.2, 0) is 21.3 Å². The third-order valence-corrected chi connectivity index (χ3v) is 6.60. The first-order valence-corrected chi connectivity index (χ1v) is 11.9. The molecule has 1 aliphatic heterocycles. The highest BCUT2D eigenvalue weighted by molar-refractivity contribution is 14.0. The van der Waals surface area contributed by atoms with Gasteiger partial charge in [-0.1, -0.05) is 0 Å². The molecule has 0 aromatic carbocycles. The molecule has 1 fully saturated rings. The number of hydrogen-bond donors (Lipinski definition) is 3. The summed E-state index contributed by atoms with van der Waals surface area (Å²) < 4.78 is 32.5. The SMILES string of the molecule is CCNC(=NCc1sc(C)nc1C)NCCS(=O)(=O)NCC1CCCCO1.I. The summed E-state index contributed by atoms with van der Waals surface area (Å²) in [5.41, 5.74) is 0.994. The Kier molecular flexibility index (Phi) is 11.8. The summed E-state index contributed by atoms with van der Waals surface area (Å²) in [5.74, 6) is 0.594. The molecule has 28 heavy (non-hydrogen) atoms. The van der Waals surface area contributed by atoms with Crippen molar-refractivity contribution in [3.63, 3.8) is 0 Å². The number of thiazole rings is 1. The number of rotatable bonds is 9. The van der Waals surface area contributed by atoms with Crippen LogP contribution in [0.15, 0.2) is 4.99 Å². The maximum absolute atomic E-state index is 12.2.